The first-order valence-electron chi connectivity index (χ1n) is 12.1. The van der Waals surface area contributed by atoms with Crippen molar-refractivity contribution >= 4 is 5.69 Å². The Morgan fingerprint density at radius 3 is 2.57 bits per heavy atom. The fourth-order valence-corrected chi connectivity index (χ4v) is 4.96. The number of quaternary nitrogens is 1. The van der Waals surface area contributed by atoms with E-state index < -0.39 is 0 Å². The molecule has 3 N–H and O–H groups in total. The molecule has 0 saturated heterocycles. The van der Waals surface area contributed by atoms with Crippen molar-refractivity contribution in [3.8, 4) is 28.4 Å². The number of furan rings is 1. The highest BCUT2D eigenvalue weighted by Gasteiger charge is 2.30. The van der Waals surface area contributed by atoms with Gasteiger partial charge in [0.15, 0.2) is 11.5 Å². The first-order chi connectivity index (χ1) is 17.0. The second kappa shape index (κ2) is 10.9. The van der Waals surface area contributed by atoms with Gasteiger partial charge >= 0.3 is 0 Å². The number of hydrogen-bond acceptors (Lipinski definition) is 6. The minimum absolute atomic E-state index is 0.0224. The Bertz CT molecular complexity index is 1220. The van der Waals surface area contributed by atoms with Crippen LogP contribution in [0.5, 0.6) is 17.2 Å². The van der Waals surface area contributed by atoms with Crippen molar-refractivity contribution in [2.45, 2.75) is 44.7 Å². The van der Waals surface area contributed by atoms with Gasteiger partial charge in [0.1, 0.15) is 11.8 Å². The Hall–Kier alpha value is -3.45. The van der Waals surface area contributed by atoms with E-state index in [1.165, 1.54) is 0 Å². The molecular formula is C28H35N2O5+. The topological polar surface area (TPSA) is 86.5 Å². The van der Waals surface area contributed by atoms with Crippen molar-refractivity contribution in [1.29, 1.82) is 0 Å². The monoisotopic (exact) mass is 479 g/mol. The number of hydrogen-bond donors (Lipinski definition) is 2. The van der Waals surface area contributed by atoms with Gasteiger partial charge in [0.25, 0.3) is 0 Å². The lowest BCUT2D eigenvalue weighted by Gasteiger charge is -2.19. The zero-order chi connectivity index (χ0) is 24.9. The maximum atomic E-state index is 13.4. The van der Waals surface area contributed by atoms with Gasteiger partial charge in [0.05, 0.1) is 40.3 Å². The van der Waals surface area contributed by atoms with Crippen LogP contribution >= 0.6 is 0 Å². The van der Waals surface area contributed by atoms with Crippen LogP contribution in [0.1, 0.15) is 42.7 Å². The van der Waals surface area contributed by atoms with Crippen molar-refractivity contribution in [3.05, 3.63) is 69.8 Å². The van der Waals surface area contributed by atoms with Gasteiger partial charge in [-0.2, -0.15) is 0 Å². The standard InChI is InChI=1S/C28H34N2O5/c1-17(8-10-19-7-6-14-35-19)30-23-13-11-20-21(16-24(23)31)22(29-2)12-9-18-15-25(32-3)27(33-4)28(34-5)26(18)20/h6-7,11,13-17,22,29H,8-10,12H2,1-5H3,(H,30,31)/p+1/t17-,22+/m0/s1. The van der Waals surface area contributed by atoms with Crippen LogP contribution in [0, 0.1) is 0 Å². The fourth-order valence-electron chi connectivity index (χ4n) is 4.96. The quantitative estimate of drug-likeness (QED) is 0.483. The highest BCUT2D eigenvalue weighted by Crippen LogP contribution is 2.49. The van der Waals surface area contributed by atoms with E-state index in [1.54, 1.807) is 33.7 Å². The second-order valence-electron chi connectivity index (χ2n) is 8.95. The van der Waals surface area contributed by atoms with E-state index in [-0.39, 0.29) is 17.5 Å². The molecule has 0 saturated carbocycles. The molecule has 1 aliphatic rings. The lowest BCUT2D eigenvalue weighted by molar-refractivity contribution is -0.670. The molecule has 0 aliphatic heterocycles. The van der Waals surface area contributed by atoms with Crippen molar-refractivity contribution < 1.29 is 23.9 Å². The van der Waals surface area contributed by atoms with E-state index in [0.29, 0.717) is 22.9 Å². The highest BCUT2D eigenvalue weighted by atomic mass is 16.5. The molecule has 1 heterocycles. The van der Waals surface area contributed by atoms with Crippen LogP contribution in [-0.2, 0) is 12.8 Å². The molecule has 2 aromatic carbocycles. The van der Waals surface area contributed by atoms with Gasteiger partial charge in [-0.05, 0) is 61.2 Å². The number of aryl methyl sites for hydroxylation is 2. The van der Waals surface area contributed by atoms with Gasteiger partial charge in [0, 0.05) is 30.0 Å². The lowest BCUT2D eigenvalue weighted by Crippen LogP contribution is -2.81. The average molecular weight is 480 g/mol. The third-order valence-electron chi connectivity index (χ3n) is 6.79. The van der Waals surface area contributed by atoms with Crippen molar-refractivity contribution in [2.24, 2.45) is 0 Å². The molecule has 3 aromatic rings. The maximum Gasteiger partial charge on any atom is 0.203 e. The first-order valence-corrected chi connectivity index (χ1v) is 12.1. The Morgan fingerprint density at radius 1 is 1.11 bits per heavy atom. The van der Waals surface area contributed by atoms with Crippen LogP contribution in [0.15, 0.2) is 51.9 Å². The van der Waals surface area contributed by atoms with E-state index in [9.17, 15) is 4.79 Å². The molecule has 4 rings (SSSR count). The van der Waals surface area contributed by atoms with Gasteiger partial charge in [-0.25, -0.2) is 0 Å². The Labute approximate surface area is 206 Å². The summed E-state index contributed by atoms with van der Waals surface area (Å²) in [5, 5.41) is 5.59. The highest BCUT2D eigenvalue weighted by molar-refractivity contribution is 5.82. The lowest BCUT2D eigenvalue weighted by atomic mass is 9.95. The van der Waals surface area contributed by atoms with E-state index in [1.807, 2.05) is 30.3 Å². The zero-order valence-electron chi connectivity index (χ0n) is 21.1. The largest absolute Gasteiger partial charge is 0.493 e. The normalized spacial score (nSPS) is 15.4. The summed E-state index contributed by atoms with van der Waals surface area (Å²) in [5.41, 5.74) is 4.61. The molecule has 0 fully saturated rings. The third-order valence-corrected chi connectivity index (χ3v) is 6.79. The summed E-state index contributed by atoms with van der Waals surface area (Å²) in [4.78, 5) is 13.4. The number of fused-ring (bicyclic) bond motifs is 3. The minimum Gasteiger partial charge on any atom is -0.493 e. The van der Waals surface area contributed by atoms with Crippen molar-refractivity contribution in [1.82, 2.24) is 0 Å². The van der Waals surface area contributed by atoms with Gasteiger partial charge in [-0.15, -0.1) is 0 Å². The number of anilines is 1. The Kier molecular flexibility index (Phi) is 7.66. The molecular weight excluding hydrogens is 444 g/mol. The number of benzene rings is 1. The zero-order valence-corrected chi connectivity index (χ0v) is 21.1. The van der Waals surface area contributed by atoms with Crippen LogP contribution in [0.4, 0.5) is 5.69 Å². The van der Waals surface area contributed by atoms with Crippen LogP contribution in [0.25, 0.3) is 11.1 Å². The molecule has 0 amide bonds. The predicted molar refractivity (Wildman–Crippen MR) is 137 cm³/mol. The summed E-state index contributed by atoms with van der Waals surface area (Å²) in [7, 11) is 6.93. The fraction of sp³-hybridized carbons (Fsp3) is 0.393. The van der Waals surface area contributed by atoms with Crippen molar-refractivity contribution in [3.63, 3.8) is 0 Å². The summed E-state index contributed by atoms with van der Waals surface area (Å²) in [5.74, 6) is 2.76. The van der Waals surface area contributed by atoms with E-state index in [2.05, 4.69) is 24.6 Å². The van der Waals surface area contributed by atoms with E-state index in [0.717, 1.165) is 53.7 Å². The number of rotatable bonds is 9. The minimum atomic E-state index is -0.0224. The molecule has 1 aliphatic carbocycles. The molecule has 1 aromatic heterocycles. The Balaban J connectivity index is 1.79. The van der Waals surface area contributed by atoms with Crippen LogP contribution in [0.3, 0.4) is 0 Å². The summed E-state index contributed by atoms with van der Waals surface area (Å²) in [6.45, 7) is 2.08. The van der Waals surface area contributed by atoms with Crippen LogP contribution in [-0.4, -0.2) is 34.4 Å². The van der Waals surface area contributed by atoms with E-state index >= 15 is 0 Å². The van der Waals surface area contributed by atoms with Gasteiger partial charge < -0.3 is 29.3 Å². The molecule has 0 unspecified atom stereocenters. The third kappa shape index (κ3) is 5.00. The predicted octanol–water partition coefficient (Wildman–Crippen LogP) is 3.95. The van der Waals surface area contributed by atoms with E-state index in [4.69, 9.17) is 18.6 Å². The summed E-state index contributed by atoms with van der Waals surface area (Å²) in [6, 6.07) is 11.9. The maximum absolute atomic E-state index is 13.4. The number of nitrogens with one attached hydrogen (secondary N) is 1. The Morgan fingerprint density at radius 2 is 1.91 bits per heavy atom. The molecule has 35 heavy (non-hydrogen) atoms. The number of ether oxygens (including phenoxy) is 3. The summed E-state index contributed by atoms with van der Waals surface area (Å²) in [6.07, 6.45) is 5.07. The smallest absolute Gasteiger partial charge is 0.203 e. The van der Waals surface area contributed by atoms with Crippen molar-refractivity contribution in [2.75, 3.05) is 33.7 Å². The summed E-state index contributed by atoms with van der Waals surface area (Å²) >= 11 is 0. The number of methoxy groups -OCH3 is 3. The first kappa shape index (κ1) is 24.7. The summed E-state index contributed by atoms with van der Waals surface area (Å²) < 4.78 is 22.6. The molecule has 2 atom stereocenters. The molecule has 7 nitrogen and oxygen atoms in total. The average Bonchev–Trinajstić information content (AvgIpc) is 3.29. The second-order valence-corrected chi connectivity index (χ2v) is 8.95. The SMILES string of the molecule is C[NH2+][C@@H]1CCc2cc(OC)c(OC)c(OC)c2-c2ccc(N[C@@H](C)CCc3ccco3)c(=O)cc21. The number of nitrogens with two attached hydrogens (primary N) is 1. The van der Waals surface area contributed by atoms with Crippen LogP contribution in [0.2, 0.25) is 0 Å². The molecule has 0 spiro atoms. The molecule has 7 heteroatoms. The van der Waals surface area contributed by atoms with Gasteiger partial charge in [0.2, 0.25) is 11.2 Å². The molecule has 186 valence electrons. The molecule has 0 radical (unpaired) electrons. The van der Waals surface area contributed by atoms with Gasteiger partial charge in [-0.3, -0.25) is 4.79 Å². The van der Waals surface area contributed by atoms with Crippen LogP contribution < -0.4 is 30.3 Å². The van der Waals surface area contributed by atoms with Gasteiger partial charge in [-0.1, -0.05) is 6.07 Å². The molecule has 0 bridgehead atoms.